The zero-order valence-electron chi connectivity index (χ0n) is 2.89. The third kappa shape index (κ3) is 30.9. The fourth-order valence-corrected chi connectivity index (χ4v) is 0. The summed E-state index contributed by atoms with van der Waals surface area (Å²) in [6.07, 6.45) is 0. The Morgan fingerprint density at radius 3 is 2.75 bits per heavy atom. The molecule has 22 valence electrons. The molecule has 0 unspecified atom stereocenters. The van der Waals surface area contributed by atoms with E-state index in [1.807, 2.05) is 0 Å². The van der Waals surface area contributed by atoms with Gasteiger partial charge in [0, 0.05) is 0 Å². The standard InChI is InChI=1S/BH2OPS/c1-4(2)3/h1,3H/i1D. The summed E-state index contributed by atoms with van der Waals surface area (Å²) in [6.45, 7) is 0.802. The van der Waals surface area contributed by atoms with Crippen LogP contribution in [0.4, 0.5) is 0 Å². The third-order valence-corrected chi connectivity index (χ3v) is 0. The van der Waals surface area contributed by atoms with E-state index in [-0.39, 0.29) is 0 Å². The van der Waals surface area contributed by atoms with Gasteiger partial charge in [-0.1, -0.05) is 0 Å². The van der Waals surface area contributed by atoms with E-state index < -0.39 is 9.40 Å². The molecule has 4 heavy (non-hydrogen) atoms. The Bertz CT molecular complexity index is 115. The number of hydrogen-bond acceptors (Lipinski definition) is 1. The predicted molar refractivity (Wildman–Crippen MR) is 23.6 cm³/mol. The van der Waals surface area contributed by atoms with Crippen LogP contribution in [0.5, 0.6) is 0 Å². The molecule has 0 amide bonds. The molecule has 0 aromatic carbocycles. The van der Waals surface area contributed by atoms with E-state index in [9.17, 15) is 4.21 Å². The Hall–Kier alpha value is 0.385. The van der Waals surface area contributed by atoms with Gasteiger partial charge < -0.3 is 0 Å². The first-order valence-electron chi connectivity index (χ1n) is 1.18. The van der Waals surface area contributed by atoms with Gasteiger partial charge in [-0.2, -0.15) is 0 Å². The van der Waals surface area contributed by atoms with Crippen molar-refractivity contribution in [3.8, 4) is 0 Å². The van der Waals surface area contributed by atoms with Crippen LogP contribution in [0.2, 0.25) is 0 Å². The van der Waals surface area contributed by atoms with Gasteiger partial charge in [0.2, 0.25) is 0 Å². The van der Waals surface area contributed by atoms with Crippen LogP contribution < -0.4 is 0 Å². The number of hydrogen-bond donors (Lipinski definition) is 0. The van der Waals surface area contributed by atoms with E-state index in [1.165, 1.54) is 0 Å². The molecule has 0 aliphatic carbocycles. The Kier molecular flexibility index (Phi) is 1.10. The second-order valence-corrected chi connectivity index (χ2v) is 2.10. The van der Waals surface area contributed by atoms with Crippen molar-refractivity contribution in [3.63, 3.8) is 0 Å². The Labute approximate surface area is 30.5 Å². The molecule has 0 fully saturated rings. The summed E-state index contributed by atoms with van der Waals surface area (Å²) in [5.41, 5.74) is 0. The van der Waals surface area contributed by atoms with Crippen molar-refractivity contribution in [1.82, 2.24) is 0 Å². The van der Waals surface area contributed by atoms with E-state index >= 15 is 0 Å². The molecule has 0 atom stereocenters. The summed E-state index contributed by atoms with van der Waals surface area (Å²) in [4.78, 5) is 0. The van der Waals surface area contributed by atoms with Crippen molar-refractivity contribution >= 4 is 24.1 Å². The van der Waals surface area contributed by atoms with Gasteiger partial charge in [0.05, 0.1) is 0 Å². The summed E-state index contributed by atoms with van der Waals surface area (Å²) in [5.74, 6) is 0. The molecule has 0 bridgehead atoms. The zero-order chi connectivity index (χ0) is 4.28. The minimum atomic E-state index is -1.23. The van der Waals surface area contributed by atoms with Crippen LogP contribution >= 0.6 is 8.02 Å². The van der Waals surface area contributed by atoms with Gasteiger partial charge in [-0.3, -0.25) is 0 Å². The van der Waals surface area contributed by atoms with Crippen LogP contribution in [0.3, 0.4) is 0 Å². The van der Waals surface area contributed by atoms with Crippen molar-refractivity contribution in [3.05, 3.63) is 0 Å². The van der Waals surface area contributed by atoms with Crippen LogP contribution in [0, 0.1) is 0 Å². The minimum absolute atomic E-state index is 0.802. The molecule has 4 heteroatoms. The molecule has 0 rings (SSSR count). The molecule has 0 aromatic rings. The molecule has 0 aromatic heterocycles. The second-order valence-electron chi connectivity index (χ2n) is 0.297. The Morgan fingerprint density at radius 1 is 2.50 bits per heavy atom. The molecule has 0 heterocycles. The first kappa shape index (κ1) is 2.61. The van der Waals surface area contributed by atoms with E-state index in [2.05, 4.69) is 8.02 Å². The predicted octanol–water partition coefficient (Wildman–Crippen LogP) is -0.391. The van der Waals surface area contributed by atoms with Gasteiger partial charge in [0.25, 0.3) is 0 Å². The summed E-state index contributed by atoms with van der Waals surface area (Å²) >= 11 is 0. The first-order chi connectivity index (χ1) is 2.27. The van der Waals surface area contributed by atoms with E-state index in [0.29, 0.717) is 0 Å². The summed E-state index contributed by atoms with van der Waals surface area (Å²) < 4.78 is 15.8. The molecular formula is H2BOPS. The van der Waals surface area contributed by atoms with Gasteiger partial charge in [0.15, 0.2) is 0 Å². The van der Waals surface area contributed by atoms with Crippen LogP contribution in [0.15, 0.2) is 0 Å². The molecule has 0 N–H and O–H groups in total. The summed E-state index contributed by atoms with van der Waals surface area (Å²) in [7, 11) is 1.42. The maximum atomic E-state index is 9.59. The monoisotopic (exact) mass is 93.0 g/mol. The second kappa shape index (κ2) is 1.68. The van der Waals surface area contributed by atoms with Gasteiger partial charge in [-0.15, -0.1) is 0 Å². The molecule has 0 radical (unpaired) electrons. The summed E-state index contributed by atoms with van der Waals surface area (Å²) in [5, 5.41) is 0. The van der Waals surface area contributed by atoms with Crippen molar-refractivity contribution < 1.29 is 4.21 Å². The zero-order valence-corrected chi connectivity index (χ0v) is 3.71. The van der Waals surface area contributed by atoms with Gasteiger partial charge in [-0.05, 0) is 0 Å². The van der Waals surface area contributed by atoms with Gasteiger partial charge in [-0.25, -0.2) is 0 Å². The van der Waals surface area contributed by atoms with E-state index in [0.717, 1.165) is 6.69 Å². The molecule has 0 spiro atoms. The SMILES string of the molecule is [2H]B=S(=O)=P. The molecule has 0 aliphatic heterocycles. The average molecular weight is 92.9 g/mol. The molecule has 1 nitrogen and oxygen atoms in total. The fourth-order valence-electron chi connectivity index (χ4n) is 0. The Balaban J connectivity index is 4.25. The topological polar surface area (TPSA) is 17.1 Å². The van der Waals surface area contributed by atoms with Crippen LogP contribution in [-0.2, 0) is 9.40 Å². The molecule has 0 aliphatic rings. The Morgan fingerprint density at radius 2 is 2.75 bits per heavy atom. The van der Waals surface area contributed by atoms with Gasteiger partial charge in [0.1, 0.15) is 0 Å². The molecule has 0 saturated heterocycles. The van der Waals surface area contributed by atoms with E-state index in [4.69, 9.17) is 1.34 Å². The van der Waals surface area contributed by atoms with Gasteiger partial charge >= 0.3 is 29.6 Å². The average Bonchev–Trinajstić information content (AvgIpc) is 1.38. The molecular weight excluding hydrogens is 89.9 g/mol. The maximum absolute atomic E-state index is 9.59. The third-order valence-electron chi connectivity index (χ3n) is 0. The first-order valence-corrected chi connectivity index (χ1v) is 3.04. The van der Waals surface area contributed by atoms with Crippen molar-refractivity contribution in [2.75, 3.05) is 0 Å². The van der Waals surface area contributed by atoms with Crippen LogP contribution in [0.1, 0.15) is 0 Å². The quantitative estimate of drug-likeness (QED) is 0.294. The fraction of sp³-hybridized carbons (Fsp3) is 0. The van der Waals surface area contributed by atoms with E-state index in [1.54, 1.807) is 0 Å². The van der Waals surface area contributed by atoms with Crippen molar-refractivity contribution in [2.24, 2.45) is 0 Å². The normalized spacial score (nSPS) is 7.50. The van der Waals surface area contributed by atoms with Crippen LogP contribution in [-0.4, -0.2) is 12.2 Å². The van der Waals surface area contributed by atoms with Crippen molar-refractivity contribution in [2.45, 2.75) is 0 Å². The number of rotatable bonds is 0. The molecule has 0 saturated carbocycles. The summed E-state index contributed by atoms with van der Waals surface area (Å²) in [6, 6.07) is 0. The van der Waals surface area contributed by atoms with Crippen molar-refractivity contribution in [1.29, 1.82) is 1.34 Å². The van der Waals surface area contributed by atoms with Crippen LogP contribution in [0.25, 0.3) is 0 Å².